The molecule has 0 radical (unpaired) electrons. The van der Waals surface area contributed by atoms with Crippen molar-refractivity contribution < 1.29 is 18.9 Å². The van der Waals surface area contributed by atoms with Crippen molar-refractivity contribution in [3.8, 4) is 0 Å². The first kappa shape index (κ1) is 19.9. The van der Waals surface area contributed by atoms with Crippen LogP contribution in [-0.4, -0.2) is 40.0 Å². The van der Waals surface area contributed by atoms with E-state index in [4.69, 9.17) is 9.31 Å². The molecular weight excluding hydrogens is 337 g/mol. The third-order valence-corrected chi connectivity index (χ3v) is 5.35. The highest BCUT2D eigenvalue weighted by molar-refractivity contribution is 8.13. The van der Waals surface area contributed by atoms with Gasteiger partial charge in [0.1, 0.15) is 5.69 Å². The van der Waals surface area contributed by atoms with E-state index in [1.807, 2.05) is 39.8 Å². The number of pyridine rings is 1. The standard InChI is InChI=1S/C18H24BNO4S/c1-12(21)16-9-7-8-15(20-16)10-14(11-25-13(2)22)19-23-17(3,4)18(5,6)24-19/h7-10H,11H2,1-6H3. The highest BCUT2D eigenvalue weighted by Gasteiger charge is 2.52. The van der Waals surface area contributed by atoms with Crippen molar-refractivity contribution in [2.24, 2.45) is 0 Å². The lowest BCUT2D eigenvalue weighted by molar-refractivity contribution is -0.109. The predicted molar refractivity (Wildman–Crippen MR) is 101 cm³/mol. The van der Waals surface area contributed by atoms with Gasteiger partial charge in [-0.25, -0.2) is 4.98 Å². The van der Waals surface area contributed by atoms with Gasteiger partial charge in [0.2, 0.25) is 0 Å². The van der Waals surface area contributed by atoms with Crippen LogP contribution in [0.5, 0.6) is 0 Å². The maximum absolute atomic E-state index is 11.5. The van der Waals surface area contributed by atoms with Crippen molar-refractivity contribution in [2.75, 3.05) is 5.75 Å². The van der Waals surface area contributed by atoms with E-state index in [2.05, 4.69) is 4.98 Å². The molecular formula is C18H24BNO4S. The number of hydrogen-bond donors (Lipinski definition) is 0. The fourth-order valence-electron chi connectivity index (χ4n) is 2.28. The predicted octanol–water partition coefficient (Wildman–Crippen LogP) is 3.58. The van der Waals surface area contributed by atoms with Gasteiger partial charge in [0, 0.05) is 19.6 Å². The van der Waals surface area contributed by atoms with Gasteiger partial charge < -0.3 is 9.31 Å². The first-order valence-corrected chi connectivity index (χ1v) is 9.18. The lowest BCUT2D eigenvalue weighted by Gasteiger charge is -2.32. The summed E-state index contributed by atoms with van der Waals surface area (Å²) >= 11 is 1.19. The van der Waals surface area contributed by atoms with Gasteiger partial charge in [-0.05, 0) is 51.4 Å². The minimum Gasteiger partial charge on any atom is -0.400 e. The summed E-state index contributed by atoms with van der Waals surface area (Å²) in [5, 5.41) is 0.0212. The second kappa shape index (κ2) is 7.44. The van der Waals surface area contributed by atoms with Gasteiger partial charge in [-0.15, -0.1) is 0 Å². The molecule has 1 aliphatic rings. The number of Topliss-reactive ketones (excluding diaryl/α,β-unsaturated/α-hetero) is 1. The van der Waals surface area contributed by atoms with Crippen molar-refractivity contribution in [1.82, 2.24) is 4.98 Å². The van der Waals surface area contributed by atoms with Crippen LogP contribution in [0.25, 0.3) is 6.08 Å². The lowest BCUT2D eigenvalue weighted by Crippen LogP contribution is -2.41. The number of carbonyl (C=O) groups is 2. The van der Waals surface area contributed by atoms with Crippen LogP contribution in [0.3, 0.4) is 0 Å². The highest BCUT2D eigenvalue weighted by Crippen LogP contribution is 2.39. The van der Waals surface area contributed by atoms with E-state index >= 15 is 0 Å². The maximum Gasteiger partial charge on any atom is 0.491 e. The van der Waals surface area contributed by atoms with Gasteiger partial charge in [-0.3, -0.25) is 9.59 Å². The second-order valence-electron chi connectivity index (χ2n) is 7.09. The number of carbonyl (C=O) groups excluding carboxylic acids is 2. The van der Waals surface area contributed by atoms with Gasteiger partial charge in [-0.2, -0.15) is 0 Å². The minimum absolute atomic E-state index is 0.0212. The van der Waals surface area contributed by atoms with Gasteiger partial charge in [0.05, 0.1) is 16.9 Å². The molecule has 0 aliphatic carbocycles. The molecule has 1 aromatic rings. The Hall–Kier alpha value is -1.44. The van der Waals surface area contributed by atoms with Crippen molar-refractivity contribution in [1.29, 1.82) is 0 Å². The zero-order valence-corrected chi connectivity index (χ0v) is 16.4. The molecule has 1 fully saturated rings. The third-order valence-electron chi connectivity index (χ3n) is 4.46. The van der Waals surface area contributed by atoms with E-state index in [0.717, 1.165) is 5.47 Å². The number of thioether (sulfide) groups is 1. The number of nitrogens with zero attached hydrogens (tertiary/aromatic N) is 1. The summed E-state index contributed by atoms with van der Waals surface area (Å²) in [4.78, 5) is 27.3. The van der Waals surface area contributed by atoms with Gasteiger partial charge in [0.25, 0.3) is 0 Å². The molecule has 0 unspecified atom stereocenters. The Morgan fingerprint density at radius 1 is 1.16 bits per heavy atom. The molecule has 0 aromatic carbocycles. The first-order chi connectivity index (χ1) is 11.5. The minimum atomic E-state index is -0.556. The number of aromatic nitrogens is 1. The van der Waals surface area contributed by atoms with E-state index in [1.54, 1.807) is 12.1 Å². The molecule has 2 heterocycles. The number of hydrogen-bond acceptors (Lipinski definition) is 6. The van der Waals surface area contributed by atoms with Gasteiger partial charge >= 0.3 is 7.12 Å². The molecule has 1 aliphatic heterocycles. The van der Waals surface area contributed by atoms with Crippen molar-refractivity contribution in [2.45, 2.75) is 52.7 Å². The number of ketones is 1. The second-order valence-corrected chi connectivity index (χ2v) is 8.24. The topological polar surface area (TPSA) is 65.5 Å². The Morgan fingerprint density at radius 2 is 1.76 bits per heavy atom. The lowest BCUT2D eigenvalue weighted by atomic mass is 9.78. The summed E-state index contributed by atoms with van der Waals surface area (Å²) in [6.07, 6.45) is 1.84. The quantitative estimate of drug-likeness (QED) is 0.590. The molecule has 0 saturated carbocycles. The molecule has 2 rings (SSSR count). The van der Waals surface area contributed by atoms with Gasteiger partial charge in [0.15, 0.2) is 10.9 Å². The molecule has 0 amide bonds. The van der Waals surface area contributed by atoms with Crippen LogP contribution in [0, 0.1) is 0 Å². The number of rotatable bonds is 5. The van der Waals surface area contributed by atoms with E-state index in [1.165, 1.54) is 25.6 Å². The summed E-state index contributed by atoms with van der Waals surface area (Å²) in [6, 6.07) is 5.28. The fraction of sp³-hybridized carbons (Fsp3) is 0.500. The average molecular weight is 361 g/mol. The van der Waals surface area contributed by atoms with Crippen LogP contribution in [-0.2, 0) is 14.1 Å². The van der Waals surface area contributed by atoms with Crippen LogP contribution >= 0.6 is 11.8 Å². The zero-order valence-electron chi connectivity index (χ0n) is 15.6. The smallest absolute Gasteiger partial charge is 0.400 e. The van der Waals surface area contributed by atoms with Crippen LogP contribution in [0.1, 0.15) is 57.7 Å². The molecule has 25 heavy (non-hydrogen) atoms. The molecule has 7 heteroatoms. The molecule has 134 valence electrons. The van der Waals surface area contributed by atoms with Crippen molar-refractivity contribution in [3.05, 3.63) is 35.1 Å². The Morgan fingerprint density at radius 3 is 2.28 bits per heavy atom. The Labute approximate surface area is 153 Å². The van der Waals surface area contributed by atoms with Gasteiger partial charge in [-0.1, -0.05) is 17.8 Å². The van der Waals surface area contributed by atoms with E-state index in [-0.39, 0.29) is 10.9 Å². The van der Waals surface area contributed by atoms with E-state index in [9.17, 15) is 9.59 Å². The monoisotopic (exact) mass is 361 g/mol. The summed E-state index contributed by atoms with van der Waals surface area (Å²) in [5.41, 5.74) is 0.924. The fourth-order valence-corrected chi connectivity index (χ4v) is 2.86. The summed E-state index contributed by atoms with van der Waals surface area (Å²) < 4.78 is 12.2. The molecule has 1 saturated heterocycles. The Balaban J connectivity index is 2.35. The maximum atomic E-state index is 11.5. The molecule has 5 nitrogen and oxygen atoms in total. The van der Waals surface area contributed by atoms with E-state index in [0.29, 0.717) is 17.1 Å². The molecule has 0 N–H and O–H groups in total. The molecule has 0 atom stereocenters. The normalized spacial score (nSPS) is 19.1. The van der Waals surface area contributed by atoms with E-state index < -0.39 is 18.3 Å². The zero-order chi connectivity index (χ0) is 18.8. The van der Waals surface area contributed by atoms with Crippen molar-refractivity contribution in [3.63, 3.8) is 0 Å². The molecule has 0 spiro atoms. The summed E-state index contributed by atoms with van der Waals surface area (Å²) in [6.45, 7) is 10.9. The Kier molecular flexibility index (Phi) is 5.91. The highest BCUT2D eigenvalue weighted by atomic mass is 32.2. The average Bonchev–Trinajstić information content (AvgIpc) is 2.71. The van der Waals surface area contributed by atoms with Crippen LogP contribution in [0.2, 0.25) is 0 Å². The SMILES string of the molecule is CC(=O)SCC(=Cc1cccc(C(C)=O)n1)B1OC(C)(C)C(C)(C)O1. The Bertz CT molecular complexity index is 699. The van der Waals surface area contributed by atoms with Crippen LogP contribution in [0.4, 0.5) is 0 Å². The van der Waals surface area contributed by atoms with Crippen LogP contribution in [0.15, 0.2) is 23.7 Å². The molecule has 1 aromatic heterocycles. The van der Waals surface area contributed by atoms with Crippen LogP contribution < -0.4 is 0 Å². The van der Waals surface area contributed by atoms with Crippen molar-refractivity contribution >= 4 is 35.9 Å². The third kappa shape index (κ3) is 4.81. The first-order valence-electron chi connectivity index (χ1n) is 8.19. The largest absolute Gasteiger partial charge is 0.491 e. The summed E-state index contributed by atoms with van der Waals surface area (Å²) in [7, 11) is -0.556. The molecule has 0 bridgehead atoms. The summed E-state index contributed by atoms with van der Waals surface area (Å²) in [5.74, 6) is 0.351.